The topological polar surface area (TPSA) is 74.9 Å². The molecule has 1 aromatic carbocycles. The largest absolute Gasteiger partial charge is 0.422 e. The second-order valence-corrected chi connectivity index (χ2v) is 9.78. The summed E-state index contributed by atoms with van der Waals surface area (Å²) in [5, 5.41) is 4.98. The van der Waals surface area contributed by atoms with Gasteiger partial charge >= 0.3 is 5.63 Å². The van der Waals surface area contributed by atoms with Crippen LogP contribution in [0.1, 0.15) is 57.9 Å². The minimum atomic E-state index is -0.447. The van der Waals surface area contributed by atoms with Crippen LogP contribution in [0.15, 0.2) is 38.6 Å². The molecule has 0 unspecified atom stereocenters. The Morgan fingerprint density at radius 3 is 2.39 bits per heavy atom. The number of hydrazone groups is 1. The van der Waals surface area contributed by atoms with E-state index in [0.29, 0.717) is 28.9 Å². The molecule has 0 radical (unpaired) electrons. The average Bonchev–Trinajstić information content (AvgIpc) is 2.74. The number of anilines is 1. The predicted octanol–water partition coefficient (Wildman–Crippen LogP) is 4.31. The van der Waals surface area contributed by atoms with Crippen molar-refractivity contribution in [1.29, 1.82) is 0 Å². The third kappa shape index (κ3) is 3.66. The molecule has 0 atom stereocenters. The van der Waals surface area contributed by atoms with E-state index in [0.717, 1.165) is 43.4 Å². The Morgan fingerprint density at radius 2 is 1.77 bits per heavy atom. The summed E-state index contributed by atoms with van der Waals surface area (Å²) in [6, 6.07) is 7.66. The highest BCUT2D eigenvalue weighted by Gasteiger charge is 2.54. The summed E-state index contributed by atoms with van der Waals surface area (Å²) in [5.41, 5.74) is 3.98. The van der Waals surface area contributed by atoms with Gasteiger partial charge in [0.25, 0.3) is 0 Å². The van der Waals surface area contributed by atoms with Crippen molar-refractivity contribution in [3.05, 3.63) is 40.2 Å². The maximum absolute atomic E-state index is 13.0. The lowest BCUT2D eigenvalue weighted by Gasteiger charge is -2.55. The van der Waals surface area contributed by atoms with Gasteiger partial charge in [0.1, 0.15) is 5.58 Å². The molecule has 6 nitrogen and oxygen atoms in total. The molecule has 0 spiro atoms. The fraction of sp³-hybridized carbons (Fsp3) is 0.560. The smallest absolute Gasteiger partial charge is 0.345 e. The highest BCUT2D eigenvalue weighted by molar-refractivity contribution is 5.89. The SMILES string of the molecule is CCN(CC)c1ccc2cc(/C=N\NC(=O)C34CC5CC(CC(C5)C3)C4)c(=O)oc2c1. The third-order valence-electron chi connectivity index (χ3n) is 7.76. The number of fused-ring (bicyclic) bond motifs is 1. The van der Waals surface area contributed by atoms with Gasteiger partial charge in [-0.3, -0.25) is 4.79 Å². The maximum Gasteiger partial charge on any atom is 0.345 e. The minimum Gasteiger partial charge on any atom is -0.422 e. The number of benzene rings is 1. The Bertz CT molecular complexity index is 1050. The van der Waals surface area contributed by atoms with Crippen molar-refractivity contribution < 1.29 is 9.21 Å². The second-order valence-electron chi connectivity index (χ2n) is 9.78. The Kier molecular flexibility index (Phi) is 5.11. The zero-order chi connectivity index (χ0) is 21.6. The Labute approximate surface area is 182 Å². The number of nitrogens with zero attached hydrogens (tertiary/aromatic N) is 2. The lowest BCUT2D eigenvalue weighted by atomic mass is 9.49. The first-order chi connectivity index (χ1) is 15.0. The van der Waals surface area contributed by atoms with Gasteiger partial charge in [-0.25, -0.2) is 10.2 Å². The Hall–Kier alpha value is -2.63. The third-order valence-corrected chi connectivity index (χ3v) is 7.76. The number of hydrogen-bond acceptors (Lipinski definition) is 5. The van der Waals surface area contributed by atoms with Gasteiger partial charge in [-0.05, 0) is 88.3 Å². The lowest BCUT2D eigenvalue weighted by molar-refractivity contribution is -0.146. The van der Waals surface area contributed by atoms with E-state index in [-0.39, 0.29) is 11.3 Å². The number of amides is 1. The molecule has 164 valence electrons. The van der Waals surface area contributed by atoms with E-state index in [9.17, 15) is 9.59 Å². The zero-order valence-electron chi connectivity index (χ0n) is 18.4. The van der Waals surface area contributed by atoms with Gasteiger partial charge in [-0.2, -0.15) is 5.10 Å². The van der Waals surface area contributed by atoms with E-state index in [1.807, 2.05) is 18.2 Å². The van der Waals surface area contributed by atoms with Crippen molar-refractivity contribution in [3.8, 4) is 0 Å². The van der Waals surface area contributed by atoms with E-state index in [1.54, 1.807) is 6.07 Å². The van der Waals surface area contributed by atoms with Crippen molar-refractivity contribution >= 4 is 28.8 Å². The minimum absolute atomic E-state index is 0.0249. The van der Waals surface area contributed by atoms with Gasteiger partial charge in [0, 0.05) is 30.2 Å². The lowest BCUT2D eigenvalue weighted by Crippen LogP contribution is -2.52. The fourth-order valence-electron chi connectivity index (χ4n) is 6.66. The van der Waals surface area contributed by atoms with Crippen LogP contribution in [0.3, 0.4) is 0 Å². The summed E-state index contributed by atoms with van der Waals surface area (Å²) in [5.74, 6) is 2.14. The van der Waals surface area contributed by atoms with Crippen LogP contribution in [0, 0.1) is 23.2 Å². The van der Waals surface area contributed by atoms with E-state index in [4.69, 9.17) is 4.42 Å². The van der Waals surface area contributed by atoms with Crippen LogP contribution in [0.5, 0.6) is 0 Å². The fourth-order valence-corrected chi connectivity index (χ4v) is 6.66. The summed E-state index contributed by atoms with van der Waals surface area (Å²) in [7, 11) is 0. The quantitative estimate of drug-likeness (QED) is 0.429. The molecule has 1 heterocycles. The molecular formula is C25H31N3O3. The first-order valence-electron chi connectivity index (χ1n) is 11.7. The number of nitrogens with one attached hydrogen (secondary N) is 1. The van der Waals surface area contributed by atoms with Crippen molar-refractivity contribution in [2.24, 2.45) is 28.3 Å². The van der Waals surface area contributed by atoms with Crippen molar-refractivity contribution in [3.63, 3.8) is 0 Å². The first kappa shape index (κ1) is 20.3. The monoisotopic (exact) mass is 421 g/mol. The standard InChI is InChI=1S/C25H31N3O3/c1-3-28(4-2)21-6-5-19-10-20(23(29)31-22(19)11-21)15-26-27-24(30)25-12-16-7-17(13-25)9-18(8-16)14-25/h5-6,10-11,15-18H,3-4,7-9,12-14H2,1-2H3,(H,27,30)/b26-15-. The summed E-state index contributed by atoms with van der Waals surface area (Å²) in [6.07, 6.45) is 8.29. The summed E-state index contributed by atoms with van der Waals surface area (Å²) in [4.78, 5) is 27.7. The van der Waals surface area contributed by atoms with Crippen molar-refractivity contribution in [1.82, 2.24) is 5.43 Å². The van der Waals surface area contributed by atoms with Crippen LogP contribution in [0.2, 0.25) is 0 Å². The van der Waals surface area contributed by atoms with Gasteiger partial charge in [0.2, 0.25) is 5.91 Å². The van der Waals surface area contributed by atoms with Crippen LogP contribution >= 0.6 is 0 Å². The van der Waals surface area contributed by atoms with E-state index in [1.165, 1.54) is 25.5 Å². The van der Waals surface area contributed by atoms with Crippen LogP contribution < -0.4 is 16.0 Å². The van der Waals surface area contributed by atoms with Crippen molar-refractivity contribution in [2.45, 2.75) is 52.4 Å². The molecule has 1 amide bonds. The first-order valence-corrected chi connectivity index (χ1v) is 11.7. The predicted molar refractivity (Wildman–Crippen MR) is 122 cm³/mol. The maximum atomic E-state index is 13.0. The average molecular weight is 422 g/mol. The molecule has 1 N–H and O–H groups in total. The molecule has 4 fully saturated rings. The molecule has 4 aliphatic rings. The van der Waals surface area contributed by atoms with Crippen LogP contribution in [0.4, 0.5) is 5.69 Å². The Balaban J connectivity index is 1.32. The second kappa shape index (κ2) is 7.81. The van der Waals surface area contributed by atoms with Crippen molar-refractivity contribution in [2.75, 3.05) is 18.0 Å². The molecule has 2 aromatic rings. The van der Waals surface area contributed by atoms with Crippen LogP contribution in [0.25, 0.3) is 11.0 Å². The normalized spacial score (nSPS) is 29.0. The molecule has 0 saturated heterocycles. The van der Waals surface area contributed by atoms with E-state index >= 15 is 0 Å². The number of carbonyl (C=O) groups excluding carboxylic acids is 1. The molecular weight excluding hydrogens is 390 g/mol. The van der Waals surface area contributed by atoms with Gasteiger partial charge in [-0.15, -0.1) is 0 Å². The highest BCUT2D eigenvalue weighted by atomic mass is 16.4. The summed E-state index contributed by atoms with van der Waals surface area (Å²) in [6.45, 7) is 5.98. The van der Waals surface area contributed by atoms with Gasteiger partial charge in [0.15, 0.2) is 0 Å². The molecule has 6 heteroatoms. The molecule has 4 aliphatic carbocycles. The summed E-state index contributed by atoms with van der Waals surface area (Å²) >= 11 is 0. The van der Waals surface area contributed by atoms with Gasteiger partial charge in [-0.1, -0.05) is 0 Å². The van der Waals surface area contributed by atoms with Crippen LogP contribution in [-0.2, 0) is 4.79 Å². The molecule has 6 rings (SSSR count). The number of rotatable bonds is 6. The number of hydrogen-bond donors (Lipinski definition) is 1. The van der Waals surface area contributed by atoms with E-state index in [2.05, 4.69) is 29.3 Å². The van der Waals surface area contributed by atoms with Gasteiger partial charge in [0.05, 0.1) is 17.2 Å². The zero-order valence-corrected chi connectivity index (χ0v) is 18.4. The molecule has 1 aromatic heterocycles. The van der Waals surface area contributed by atoms with Gasteiger partial charge < -0.3 is 9.32 Å². The summed E-state index contributed by atoms with van der Waals surface area (Å²) < 4.78 is 5.54. The van der Waals surface area contributed by atoms with Crippen LogP contribution in [-0.4, -0.2) is 25.2 Å². The Morgan fingerprint density at radius 1 is 1.13 bits per heavy atom. The van der Waals surface area contributed by atoms with E-state index < -0.39 is 5.63 Å². The number of carbonyl (C=O) groups is 1. The molecule has 31 heavy (non-hydrogen) atoms. The molecule has 4 saturated carbocycles. The molecule has 0 aliphatic heterocycles. The molecule has 4 bridgehead atoms. The highest BCUT2D eigenvalue weighted by Crippen LogP contribution is 2.60.